The maximum absolute atomic E-state index is 12.4. The van der Waals surface area contributed by atoms with E-state index in [1.54, 1.807) is 6.92 Å². The standard InChI is InChI=1S/C22H26N4O4/c1-16-14-17(10-11-19(16)26(29)30)22(28)23-15-21(27)24-18-8-4-5-9-20(18)25-12-6-2-3-7-13-25/h4-5,8-11,14H,2-3,6-7,12-13,15H2,1H3,(H,23,28)(H,24,27). The van der Waals surface area contributed by atoms with Crippen LogP contribution < -0.4 is 15.5 Å². The molecule has 1 aliphatic rings. The van der Waals surface area contributed by atoms with Gasteiger partial charge in [0.25, 0.3) is 11.6 Å². The van der Waals surface area contributed by atoms with Gasteiger partial charge in [0, 0.05) is 30.3 Å². The maximum atomic E-state index is 12.4. The van der Waals surface area contributed by atoms with Gasteiger partial charge in [-0.3, -0.25) is 19.7 Å². The van der Waals surface area contributed by atoms with E-state index in [-0.39, 0.29) is 23.7 Å². The van der Waals surface area contributed by atoms with Gasteiger partial charge in [0.2, 0.25) is 5.91 Å². The van der Waals surface area contributed by atoms with E-state index in [4.69, 9.17) is 0 Å². The summed E-state index contributed by atoms with van der Waals surface area (Å²) in [4.78, 5) is 37.4. The molecule has 0 spiro atoms. The van der Waals surface area contributed by atoms with Crippen molar-refractivity contribution in [2.24, 2.45) is 0 Å². The number of carbonyl (C=O) groups is 2. The van der Waals surface area contributed by atoms with Crippen molar-refractivity contribution in [1.29, 1.82) is 0 Å². The van der Waals surface area contributed by atoms with Gasteiger partial charge in [0.15, 0.2) is 0 Å². The molecule has 0 radical (unpaired) electrons. The van der Waals surface area contributed by atoms with E-state index in [2.05, 4.69) is 15.5 Å². The lowest BCUT2D eigenvalue weighted by atomic mass is 10.1. The lowest BCUT2D eigenvalue weighted by Crippen LogP contribution is -2.33. The smallest absolute Gasteiger partial charge is 0.272 e. The highest BCUT2D eigenvalue weighted by Crippen LogP contribution is 2.27. The second-order valence-electron chi connectivity index (χ2n) is 7.41. The Labute approximate surface area is 175 Å². The number of nitro benzene ring substituents is 1. The number of amides is 2. The van der Waals surface area contributed by atoms with Crippen molar-refractivity contribution in [2.45, 2.75) is 32.6 Å². The number of anilines is 2. The minimum Gasteiger partial charge on any atom is -0.370 e. The number of rotatable bonds is 6. The van der Waals surface area contributed by atoms with Crippen LogP contribution in [0.4, 0.5) is 17.1 Å². The number of aryl methyl sites for hydroxylation is 1. The Kier molecular flexibility index (Phi) is 7.00. The Bertz CT molecular complexity index is 936. The molecule has 0 bridgehead atoms. The first-order valence-corrected chi connectivity index (χ1v) is 10.1. The van der Waals surface area contributed by atoms with Crippen LogP contribution in [0.15, 0.2) is 42.5 Å². The summed E-state index contributed by atoms with van der Waals surface area (Å²) in [5.41, 5.74) is 2.34. The van der Waals surface area contributed by atoms with Gasteiger partial charge in [-0.25, -0.2) is 0 Å². The van der Waals surface area contributed by atoms with Crippen molar-refractivity contribution >= 4 is 28.9 Å². The highest BCUT2D eigenvalue weighted by Gasteiger charge is 2.17. The molecule has 2 amide bonds. The van der Waals surface area contributed by atoms with Crippen molar-refractivity contribution in [3.8, 4) is 0 Å². The number of benzene rings is 2. The molecule has 2 aromatic carbocycles. The monoisotopic (exact) mass is 410 g/mol. The molecule has 1 aliphatic heterocycles. The highest BCUT2D eigenvalue weighted by molar-refractivity contribution is 6.00. The van der Waals surface area contributed by atoms with Crippen LogP contribution >= 0.6 is 0 Å². The fourth-order valence-electron chi connectivity index (χ4n) is 3.63. The molecule has 0 saturated carbocycles. The van der Waals surface area contributed by atoms with Crippen molar-refractivity contribution < 1.29 is 14.5 Å². The van der Waals surface area contributed by atoms with Gasteiger partial charge in [-0.1, -0.05) is 25.0 Å². The first kappa shape index (κ1) is 21.3. The zero-order chi connectivity index (χ0) is 21.5. The zero-order valence-corrected chi connectivity index (χ0v) is 17.0. The van der Waals surface area contributed by atoms with Crippen molar-refractivity contribution in [2.75, 3.05) is 29.9 Å². The Balaban J connectivity index is 1.60. The zero-order valence-electron chi connectivity index (χ0n) is 17.0. The number of hydrogen-bond donors (Lipinski definition) is 2. The third kappa shape index (κ3) is 5.34. The van der Waals surface area contributed by atoms with Crippen molar-refractivity contribution in [3.63, 3.8) is 0 Å². The Morgan fingerprint density at radius 2 is 1.77 bits per heavy atom. The van der Waals surface area contributed by atoms with Crippen LogP contribution in [0.2, 0.25) is 0 Å². The third-order valence-corrected chi connectivity index (χ3v) is 5.19. The fourth-order valence-corrected chi connectivity index (χ4v) is 3.63. The van der Waals surface area contributed by atoms with Crippen LogP contribution in [-0.4, -0.2) is 36.4 Å². The highest BCUT2D eigenvalue weighted by atomic mass is 16.6. The number of nitro groups is 1. The molecular weight excluding hydrogens is 384 g/mol. The van der Waals surface area contributed by atoms with E-state index < -0.39 is 10.8 Å². The van der Waals surface area contributed by atoms with Crippen molar-refractivity contribution in [1.82, 2.24) is 5.32 Å². The van der Waals surface area contributed by atoms with Crippen molar-refractivity contribution in [3.05, 3.63) is 63.7 Å². The molecule has 30 heavy (non-hydrogen) atoms. The summed E-state index contributed by atoms with van der Waals surface area (Å²) in [7, 11) is 0. The average molecular weight is 410 g/mol. The summed E-state index contributed by atoms with van der Waals surface area (Å²) in [6, 6.07) is 11.8. The topological polar surface area (TPSA) is 105 Å². The Morgan fingerprint density at radius 1 is 1.07 bits per heavy atom. The number of para-hydroxylation sites is 2. The van der Waals surface area contributed by atoms with E-state index in [0.717, 1.165) is 37.3 Å². The predicted molar refractivity (Wildman–Crippen MR) is 116 cm³/mol. The van der Waals surface area contributed by atoms with E-state index in [0.29, 0.717) is 5.56 Å². The summed E-state index contributed by atoms with van der Waals surface area (Å²) < 4.78 is 0. The second kappa shape index (κ2) is 9.87. The molecular formula is C22H26N4O4. The van der Waals surface area contributed by atoms with Gasteiger partial charge in [-0.2, -0.15) is 0 Å². The van der Waals surface area contributed by atoms with E-state index >= 15 is 0 Å². The van der Waals surface area contributed by atoms with Gasteiger partial charge in [-0.15, -0.1) is 0 Å². The third-order valence-electron chi connectivity index (χ3n) is 5.19. The molecule has 3 rings (SSSR count). The van der Waals surface area contributed by atoms with Gasteiger partial charge >= 0.3 is 0 Å². The molecule has 1 fully saturated rings. The first-order chi connectivity index (χ1) is 14.5. The largest absolute Gasteiger partial charge is 0.370 e. The molecule has 8 heteroatoms. The molecule has 1 heterocycles. The Morgan fingerprint density at radius 3 is 2.43 bits per heavy atom. The molecule has 2 N–H and O–H groups in total. The number of nitrogens with one attached hydrogen (secondary N) is 2. The number of hydrogen-bond acceptors (Lipinski definition) is 5. The number of carbonyl (C=O) groups excluding carboxylic acids is 2. The Hall–Kier alpha value is -3.42. The van der Waals surface area contributed by atoms with Gasteiger partial charge in [-0.05, 0) is 44.0 Å². The molecule has 0 atom stereocenters. The summed E-state index contributed by atoms with van der Waals surface area (Å²) in [5, 5.41) is 16.4. The summed E-state index contributed by atoms with van der Waals surface area (Å²) in [5.74, 6) is -0.784. The second-order valence-corrected chi connectivity index (χ2v) is 7.41. The van der Waals surface area contributed by atoms with E-state index in [9.17, 15) is 19.7 Å². The van der Waals surface area contributed by atoms with Crippen LogP contribution in [0, 0.1) is 17.0 Å². The molecule has 2 aromatic rings. The summed E-state index contributed by atoms with van der Waals surface area (Å²) in [6.45, 7) is 3.30. The summed E-state index contributed by atoms with van der Waals surface area (Å²) >= 11 is 0. The van der Waals surface area contributed by atoms with Crippen LogP contribution in [0.1, 0.15) is 41.6 Å². The quantitative estimate of drug-likeness (QED) is 0.559. The lowest BCUT2D eigenvalue weighted by Gasteiger charge is -2.25. The molecule has 1 saturated heterocycles. The molecule has 0 unspecified atom stereocenters. The van der Waals surface area contributed by atoms with Crippen LogP contribution in [0.5, 0.6) is 0 Å². The minimum absolute atomic E-state index is 0.0468. The molecule has 8 nitrogen and oxygen atoms in total. The molecule has 0 aliphatic carbocycles. The van der Waals surface area contributed by atoms with Crippen LogP contribution in [0.3, 0.4) is 0 Å². The minimum atomic E-state index is -0.494. The predicted octanol–water partition coefficient (Wildman–Crippen LogP) is 3.65. The van der Waals surface area contributed by atoms with Gasteiger partial charge < -0.3 is 15.5 Å². The van der Waals surface area contributed by atoms with Gasteiger partial charge in [0.1, 0.15) is 0 Å². The average Bonchev–Trinajstić information content (AvgIpc) is 3.01. The molecule has 0 aromatic heterocycles. The lowest BCUT2D eigenvalue weighted by molar-refractivity contribution is -0.385. The first-order valence-electron chi connectivity index (χ1n) is 10.1. The van der Waals surface area contributed by atoms with Crippen LogP contribution in [0.25, 0.3) is 0 Å². The normalized spacial score (nSPS) is 14.0. The fraction of sp³-hybridized carbons (Fsp3) is 0.364. The number of nitrogens with zero attached hydrogens (tertiary/aromatic N) is 2. The maximum Gasteiger partial charge on any atom is 0.272 e. The summed E-state index contributed by atoms with van der Waals surface area (Å²) in [6.07, 6.45) is 4.71. The van der Waals surface area contributed by atoms with Gasteiger partial charge in [0.05, 0.1) is 22.8 Å². The SMILES string of the molecule is Cc1cc(C(=O)NCC(=O)Nc2ccccc2N2CCCCCC2)ccc1[N+](=O)[O-]. The van der Waals surface area contributed by atoms with E-state index in [1.165, 1.54) is 31.0 Å². The van der Waals surface area contributed by atoms with E-state index in [1.807, 2.05) is 24.3 Å². The van der Waals surface area contributed by atoms with Crippen LogP contribution in [-0.2, 0) is 4.79 Å². The molecule has 158 valence electrons.